The molecular weight excluding hydrogens is 300 g/mol. The van der Waals surface area contributed by atoms with Crippen molar-refractivity contribution in [3.05, 3.63) is 34.9 Å². The molecule has 0 N–H and O–H groups in total. The molecule has 22 heavy (non-hydrogen) atoms. The fourth-order valence-corrected chi connectivity index (χ4v) is 2.43. The average molecular weight is 325 g/mol. The van der Waals surface area contributed by atoms with Crippen molar-refractivity contribution in [1.29, 1.82) is 0 Å². The van der Waals surface area contributed by atoms with Crippen molar-refractivity contribution in [3.8, 4) is 0 Å². The van der Waals surface area contributed by atoms with Gasteiger partial charge < -0.3 is 9.80 Å². The molecule has 5 heteroatoms. The Bertz CT molecular complexity index is 484. The highest BCUT2D eigenvalue weighted by Crippen LogP contribution is 2.10. The van der Waals surface area contributed by atoms with Crippen molar-refractivity contribution in [2.24, 2.45) is 0 Å². The molecule has 0 atom stereocenters. The Labute approximate surface area is 138 Å². The Morgan fingerprint density at radius 1 is 1.00 bits per heavy atom. The van der Waals surface area contributed by atoms with Gasteiger partial charge in [0.05, 0.1) is 0 Å². The molecule has 0 spiro atoms. The molecule has 4 nitrogen and oxygen atoms in total. The van der Waals surface area contributed by atoms with Crippen LogP contribution < -0.4 is 0 Å². The second-order valence-electron chi connectivity index (χ2n) is 5.20. The molecule has 1 aromatic rings. The number of halogens is 1. The van der Waals surface area contributed by atoms with Gasteiger partial charge in [0, 0.05) is 44.5 Å². The summed E-state index contributed by atoms with van der Waals surface area (Å²) in [6.45, 7) is 7.97. The maximum absolute atomic E-state index is 12.0. The van der Waals surface area contributed by atoms with E-state index in [2.05, 4.69) is 0 Å². The number of benzene rings is 1. The van der Waals surface area contributed by atoms with E-state index in [0.29, 0.717) is 37.6 Å². The zero-order chi connectivity index (χ0) is 16.5. The molecule has 0 aliphatic heterocycles. The van der Waals surface area contributed by atoms with Gasteiger partial charge in [-0.05, 0) is 38.0 Å². The van der Waals surface area contributed by atoms with Crippen molar-refractivity contribution in [3.63, 3.8) is 0 Å². The van der Waals surface area contributed by atoms with E-state index in [1.165, 1.54) is 0 Å². The third kappa shape index (κ3) is 6.06. The van der Waals surface area contributed by atoms with Crippen LogP contribution in [0.15, 0.2) is 24.3 Å². The van der Waals surface area contributed by atoms with Crippen molar-refractivity contribution in [2.45, 2.75) is 33.6 Å². The van der Waals surface area contributed by atoms with Crippen LogP contribution in [0.1, 0.15) is 32.8 Å². The molecule has 2 amide bonds. The number of rotatable bonds is 8. The quantitative estimate of drug-likeness (QED) is 0.737. The predicted octanol–water partition coefficient (Wildman–Crippen LogP) is 2.99. The highest BCUT2D eigenvalue weighted by Gasteiger charge is 2.14. The average Bonchev–Trinajstić information content (AvgIpc) is 2.49. The first-order valence-corrected chi connectivity index (χ1v) is 8.13. The largest absolute Gasteiger partial charge is 0.343 e. The lowest BCUT2D eigenvalue weighted by Crippen LogP contribution is -2.37. The standard InChI is InChI=1S/C17H25ClN2O2/c1-4-19(5-2)17(22)11-13-20(14(3)21)12-10-15-6-8-16(18)9-7-15/h6-9H,4-5,10-13H2,1-3H3. The first-order chi connectivity index (χ1) is 10.5. The zero-order valence-electron chi connectivity index (χ0n) is 13.6. The van der Waals surface area contributed by atoms with Crippen LogP contribution in [0, 0.1) is 0 Å². The zero-order valence-corrected chi connectivity index (χ0v) is 14.4. The van der Waals surface area contributed by atoms with Crippen LogP contribution in [0.3, 0.4) is 0 Å². The summed E-state index contributed by atoms with van der Waals surface area (Å²) in [6, 6.07) is 7.61. The van der Waals surface area contributed by atoms with E-state index in [4.69, 9.17) is 11.6 Å². The van der Waals surface area contributed by atoms with E-state index < -0.39 is 0 Å². The highest BCUT2D eigenvalue weighted by atomic mass is 35.5. The van der Waals surface area contributed by atoms with E-state index in [0.717, 1.165) is 12.0 Å². The topological polar surface area (TPSA) is 40.6 Å². The van der Waals surface area contributed by atoms with Gasteiger partial charge in [-0.1, -0.05) is 23.7 Å². The van der Waals surface area contributed by atoms with Gasteiger partial charge in [-0.25, -0.2) is 0 Å². The maximum atomic E-state index is 12.0. The summed E-state index contributed by atoms with van der Waals surface area (Å²) in [7, 11) is 0. The molecule has 0 unspecified atom stereocenters. The van der Waals surface area contributed by atoms with E-state index >= 15 is 0 Å². The molecule has 0 saturated carbocycles. The van der Waals surface area contributed by atoms with E-state index in [9.17, 15) is 9.59 Å². The summed E-state index contributed by atoms with van der Waals surface area (Å²) >= 11 is 5.86. The minimum Gasteiger partial charge on any atom is -0.343 e. The minimum atomic E-state index is 0.00121. The lowest BCUT2D eigenvalue weighted by atomic mass is 10.1. The third-order valence-electron chi connectivity index (χ3n) is 3.74. The first kappa shape index (κ1) is 18.5. The number of hydrogen-bond acceptors (Lipinski definition) is 2. The van der Waals surface area contributed by atoms with Gasteiger partial charge in [0.15, 0.2) is 0 Å². The number of hydrogen-bond donors (Lipinski definition) is 0. The molecule has 0 bridgehead atoms. The number of carbonyl (C=O) groups excluding carboxylic acids is 2. The van der Waals surface area contributed by atoms with Crippen LogP contribution in [0.2, 0.25) is 5.02 Å². The van der Waals surface area contributed by atoms with Crippen LogP contribution in [0.25, 0.3) is 0 Å². The van der Waals surface area contributed by atoms with E-state index in [1.807, 2.05) is 38.1 Å². The van der Waals surface area contributed by atoms with Crippen LogP contribution in [0.5, 0.6) is 0 Å². The van der Waals surface area contributed by atoms with Gasteiger partial charge in [-0.2, -0.15) is 0 Å². The van der Waals surface area contributed by atoms with E-state index in [1.54, 1.807) is 16.7 Å². The molecule has 0 fully saturated rings. The molecule has 0 aliphatic carbocycles. The molecule has 1 rings (SSSR count). The van der Waals surface area contributed by atoms with Crippen molar-refractivity contribution in [1.82, 2.24) is 9.80 Å². The summed E-state index contributed by atoms with van der Waals surface area (Å²) in [5, 5.41) is 0.706. The molecule has 0 saturated heterocycles. The van der Waals surface area contributed by atoms with Crippen LogP contribution in [0.4, 0.5) is 0 Å². The summed E-state index contributed by atoms with van der Waals surface area (Å²) in [4.78, 5) is 27.3. The van der Waals surface area contributed by atoms with Crippen molar-refractivity contribution < 1.29 is 9.59 Å². The molecule has 0 aliphatic rings. The molecule has 122 valence electrons. The second kappa shape index (κ2) is 9.46. The Hall–Kier alpha value is -1.55. The lowest BCUT2D eigenvalue weighted by Gasteiger charge is -2.23. The van der Waals surface area contributed by atoms with Gasteiger partial charge in [0.25, 0.3) is 0 Å². The summed E-state index contributed by atoms with van der Waals surface area (Å²) < 4.78 is 0. The highest BCUT2D eigenvalue weighted by molar-refractivity contribution is 6.30. The maximum Gasteiger partial charge on any atom is 0.224 e. The van der Waals surface area contributed by atoms with Crippen LogP contribution >= 0.6 is 11.6 Å². The Morgan fingerprint density at radius 3 is 2.09 bits per heavy atom. The summed E-state index contributed by atoms with van der Waals surface area (Å²) in [5.74, 6) is 0.101. The van der Waals surface area contributed by atoms with Gasteiger partial charge in [-0.15, -0.1) is 0 Å². The first-order valence-electron chi connectivity index (χ1n) is 7.75. The molecule has 0 heterocycles. The number of nitrogens with zero attached hydrogens (tertiary/aromatic N) is 2. The van der Waals surface area contributed by atoms with Gasteiger partial charge >= 0.3 is 0 Å². The predicted molar refractivity (Wildman–Crippen MR) is 90.0 cm³/mol. The third-order valence-corrected chi connectivity index (χ3v) is 3.99. The van der Waals surface area contributed by atoms with E-state index in [-0.39, 0.29) is 11.8 Å². The fourth-order valence-electron chi connectivity index (χ4n) is 2.31. The molecular formula is C17H25ClN2O2. The lowest BCUT2D eigenvalue weighted by molar-refractivity contribution is -0.133. The molecule has 1 aromatic carbocycles. The van der Waals surface area contributed by atoms with Gasteiger partial charge in [0.1, 0.15) is 0 Å². The fraction of sp³-hybridized carbons (Fsp3) is 0.529. The monoisotopic (exact) mass is 324 g/mol. The normalized spacial score (nSPS) is 10.4. The minimum absolute atomic E-state index is 0.00121. The van der Waals surface area contributed by atoms with Gasteiger partial charge in [0.2, 0.25) is 11.8 Å². The van der Waals surface area contributed by atoms with Crippen molar-refractivity contribution in [2.75, 3.05) is 26.2 Å². The second-order valence-corrected chi connectivity index (χ2v) is 5.63. The number of carbonyl (C=O) groups is 2. The molecule has 0 radical (unpaired) electrons. The van der Waals surface area contributed by atoms with Gasteiger partial charge in [-0.3, -0.25) is 9.59 Å². The van der Waals surface area contributed by atoms with Crippen molar-refractivity contribution >= 4 is 23.4 Å². The van der Waals surface area contributed by atoms with Crippen LogP contribution in [-0.2, 0) is 16.0 Å². The summed E-state index contributed by atoms with van der Waals surface area (Å²) in [6.07, 6.45) is 1.14. The Balaban J connectivity index is 2.50. The molecule has 0 aromatic heterocycles. The van der Waals surface area contributed by atoms with Crippen LogP contribution in [-0.4, -0.2) is 47.8 Å². The Morgan fingerprint density at radius 2 is 1.59 bits per heavy atom. The Kier molecular flexibility index (Phi) is 7.96. The SMILES string of the molecule is CCN(CC)C(=O)CCN(CCc1ccc(Cl)cc1)C(C)=O. The number of amides is 2. The smallest absolute Gasteiger partial charge is 0.224 e. The summed E-state index contributed by atoms with van der Waals surface area (Å²) in [5.41, 5.74) is 1.13.